The molecule has 2 fully saturated rings. The third-order valence-electron chi connectivity index (χ3n) is 4.90. The predicted molar refractivity (Wildman–Crippen MR) is 73.3 cm³/mol. The highest BCUT2D eigenvalue weighted by atomic mass is 16.6. The van der Waals surface area contributed by atoms with Crippen LogP contribution < -0.4 is 0 Å². The fourth-order valence-corrected chi connectivity index (χ4v) is 3.26. The SMILES string of the molecule is CC1CCC(C(=O)OC(=O)C2CCC(C)CC2)CC1. The molecular weight excluding hydrogens is 240 g/mol. The first kappa shape index (κ1) is 14.5. The molecule has 0 amide bonds. The predicted octanol–water partition coefficient (Wildman–Crippen LogP) is 3.71. The van der Waals surface area contributed by atoms with Gasteiger partial charge in [0.2, 0.25) is 0 Å². The molecule has 3 heteroatoms. The van der Waals surface area contributed by atoms with E-state index in [0.29, 0.717) is 11.8 Å². The summed E-state index contributed by atoms with van der Waals surface area (Å²) in [5.41, 5.74) is 0. The van der Waals surface area contributed by atoms with Gasteiger partial charge in [0.25, 0.3) is 0 Å². The lowest BCUT2D eigenvalue weighted by molar-refractivity contribution is -0.167. The molecule has 0 bridgehead atoms. The second-order valence-electron chi connectivity index (χ2n) is 6.65. The van der Waals surface area contributed by atoms with E-state index in [1.807, 2.05) is 0 Å². The first-order valence-corrected chi connectivity index (χ1v) is 7.81. The highest BCUT2D eigenvalue weighted by Crippen LogP contribution is 2.31. The van der Waals surface area contributed by atoms with Gasteiger partial charge in [0.1, 0.15) is 0 Å². The summed E-state index contributed by atoms with van der Waals surface area (Å²) in [6, 6.07) is 0. The van der Waals surface area contributed by atoms with Gasteiger partial charge in [-0.3, -0.25) is 9.59 Å². The van der Waals surface area contributed by atoms with Crippen molar-refractivity contribution in [1.82, 2.24) is 0 Å². The van der Waals surface area contributed by atoms with E-state index in [2.05, 4.69) is 13.8 Å². The van der Waals surface area contributed by atoms with Crippen LogP contribution in [0.1, 0.15) is 65.2 Å². The van der Waals surface area contributed by atoms with Crippen molar-refractivity contribution in [3.63, 3.8) is 0 Å². The maximum Gasteiger partial charge on any atom is 0.316 e. The Bertz CT molecular complexity index is 289. The average molecular weight is 266 g/mol. The maximum absolute atomic E-state index is 12.0. The topological polar surface area (TPSA) is 43.4 Å². The Kier molecular flexibility index (Phi) is 5.00. The summed E-state index contributed by atoms with van der Waals surface area (Å²) >= 11 is 0. The molecule has 0 saturated heterocycles. The van der Waals surface area contributed by atoms with E-state index in [0.717, 1.165) is 51.4 Å². The molecule has 0 spiro atoms. The van der Waals surface area contributed by atoms with Gasteiger partial charge in [-0.25, -0.2) is 0 Å². The highest BCUT2D eigenvalue weighted by molar-refractivity contribution is 5.88. The van der Waals surface area contributed by atoms with Gasteiger partial charge in [-0.1, -0.05) is 13.8 Å². The number of carbonyl (C=O) groups excluding carboxylic acids is 2. The molecule has 0 atom stereocenters. The molecule has 3 nitrogen and oxygen atoms in total. The van der Waals surface area contributed by atoms with Gasteiger partial charge >= 0.3 is 11.9 Å². The molecule has 2 saturated carbocycles. The Morgan fingerprint density at radius 1 is 0.684 bits per heavy atom. The van der Waals surface area contributed by atoms with Crippen LogP contribution in [0.2, 0.25) is 0 Å². The molecular formula is C16H26O3. The second kappa shape index (κ2) is 6.53. The molecule has 19 heavy (non-hydrogen) atoms. The molecule has 108 valence electrons. The minimum absolute atomic E-state index is 0.0392. The van der Waals surface area contributed by atoms with Crippen molar-refractivity contribution in [3.8, 4) is 0 Å². The van der Waals surface area contributed by atoms with Crippen LogP contribution in [0.5, 0.6) is 0 Å². The molecule has 2 rings (SSSR count). The molecule has 0 unspecified atom stereocenters. The van der Waals surface area contributed by atoms with Crippen LogP contribution in [0.3, 0.4) is 0 Å². The monoisotopic (exact) mass is 266 g/mol. The number of hydrogen-bond acceptors (Lipinski definition) is 3. The van der Waals surface area contributed by atoms with Crippen LogP contribution >= 0.6 is 0 Å². The van der Waals surface area contributed by atoms with Gasteiger partial charge < -0.3 is 4.74 Å². The van der Waals surface area contributed by atoms with E-state index < -0.39 is 0 Å². The zero-order valence-corrected chi connectivity index (χ0v) is 12.2. The smallest absolute Gasteiger partial charge is 0.316 e. The maximum atomic E-state index is 12.0. The quantitative estimate of drug-likeness (QED) is 0.565. The van der Waals surface area contributed by atoms with Crippen molar-refractivity contribution in [2.75, 3.05) is 0 Å². The molecule has 0 radical (unpaired) electrons. The van der Waals surface area contributed by atoms with E-state index in [-0.39, 0.29) is 23.8 Å². The molecule has 0 aliphatic heterocycles. The van der Waals surface area contributed by atoms with Crippen molar-refractivity contribution < 1.29 is 14.3 Å². The van der Waals surface area contributed by atoms with E-state index in [9.17, 15) is 9.59 Å². The first-order chi connectivity index (χ1) is 9.06. The first-order valence-electron chi connectivity index (χ1n) is 7.81. The number of esters is 2. The molecule has 0 N–H and O–H groups in total. The molecule has 0 aromatic rings. The second-order valence-corrected chi connectivity index (χ2v) is 6.65. The van der Waals surface area contributed by atoms with Gasteiger partial charge in [0, 0.05) is 0 Å². The summed E-state index contributed by atoms with van der Waals surface area (Å²) < 4.78 is 5.12. The summed E-state index contributed by atoms with van der Waals surface area (Å²) in [5.74, 6) is 0.801. The van der Waals surface area contributed by atoms with Crippen LogP contribution in [0.4, 0.5) is 0 Å². The summed E-state index contributed by atoms with van der Waals surface area (Å²) in [6.07, 6.45) is 7.85. The average Bonchev–Trinajstić information content (AvgIpc) is 2.40. The number of carbonyl (C=O) groups is 2. The molecule has 2 aliphatic carbocycles. The van der Waals surface area contributed by atoms with Crippen molar-refractivity contribution in [2.45, 2.75) is 65.2 Å². The van der Waals surface area contributed by atoms with Crippen molar-refractivity contribution in [3.05, 3.63) is 0 Å². The third kappa shape index (κ3) is 4.05. The van der Waals surface area contributed by atoms with E-state index in [4.69, 9.17) is 4.74 Å². The molecule has 0 heterocycles. The molecule has 2 aliphatic rings. The minimum atomic E-state index is -0.268. The molecule has 0 aromatic heterocycles. The van der Waals surface area contributed by atoms with Gasteiger partial charge in [-0.15, -0.1) is 0 Å². The fourth-order valence-electron chi connectivity index (χ4n) is 3.26. The van der Waals surface area contributed by atoms with Crippen LogP contribution in [-0.4, -0.2) is 11.9 Å². The Morgan fingerprint density at radius 3 is 1.32 bits per heavy atom. The van der Waals surface area contributed by atoms with Crippen LogP contribution in [-0.2, 0) is 14.3 Å². The van der Waals surface area contributed by atoms with E-state index >= 15 is 0 Å². The minimum Gasteiger partial charge on any atom is -0.393 e. The zero-order valence-electron chi connectivity index (χ0n) is 12.2. The number of hydrogen-bond donors (Lipinski definition) is 0. The summed E-state index contributed by atoms with van der Waals surface area (Å²) in [5, 5.41) is 0. The van der Waals surface area contributed by atoms with E-state index in [1.54, 1.807) is 0 Å². The Labute approximate surface area is 116 Å². The van der Waals surface area contributed by atoms with Crippen LogP contribution in [0.25, 0.3) is 0 Å². The highest BCUT2D eigenvalue weighted by Gasteiger charge is 2.31. The zero-order chi connectivity index (χ0) is 13.8. The largest absolute Gasteiger partial charge is 0.393 e. The van der Waals surface area contributed by atoms with Gasteiger partial charge in [-0.2, -0.15) is 0 Å². The number of rotatable bonds is 2. The van der Waals surface area contributed by atoms with Crippen LogP contribution in [0.15, 0.2) is 0 Å². The fraction of sp³-hybridized carbons (Fsp3) is 0.875. The van der Waals surface area contributed by atoms with Crippen LogP contribution in [0, 0.1) is 23.7 Å². The van der Waals surface area contributed by atoms with Gasteiger partial charge in [-0.05, 0) is 63.2 Å². The van der Waals surface area contributed by atoms with Crippen molar-refractivity contribution in [2.24, 2.45) is 23.7 Å². The Morgan fingerprint density at radius 2 is 1.00 bits per heavy atom. The lowest BCUT2D eigenvalue weighted by Crippen LogP contribution is -2.29. The Balaban J connectivity index is 1.77. The molecule has 0 aromatic carbocycles. The van der Waals surface area contributed by atoms with Crippen molar-refractivity contribution in [1.29, 1.82) is 0 Å². The van der Waals surface area contributed by atoms with Crippen molar-refractivity contribution >= 4 is 11.9 Å². The summed E-state index contributed by atoms with van der Waals surface area (Å²) in [4.78, 5) is 24.0. The standard InChI is InChI=1S/C16H26O3/c1-11-3-7-13(8-4-11)15(17)19-16(18)14-9-5-12(2)6-10-14/h11-14H,3-10H2,1-2H3. The normalized spacial score (nSPS) is 35.7. The lowest BCUT2D eigenvalue weighted by atomic mass is 9.82. The Hall–Kier alpha value is -0.860. The van der Waals surface area contributed by atoms with E-state index in [1.165, 1.54) is 0 Å². The lowest BCUT2D eigenvalue weighted by Gasteiger charge is -2.26. The summed E-state index contributed by atoms with van der Waals surface area (Å²) in [6.45, 7) is 4.44. The summed E-state index contributed by atoms with van der Waals surface area (Å²) in [7, 11) is 0. The number of ether oxygens (including phenoxy) is 1. The third-order valence-corrected chi connectivity index (χ3v) is 4.90. The van der Waals surface area contributed by atoms with Gasteiger partial charge in [0.15, 0.2) is 0 Å². The van der Waals surface area contributed by atoms with Gasteiger partial charge in [0.05, 0.1) is 11.8 Å².